The smallest absolute Gasteiger partial charge is 0.251 e. The lowest BCUT2D eigenvalue weighted by molar-refractivity contribution is -0.120. The van der Waals surface area contributed by atoms with Gasteiger partial charge in [0.05, 0.1) is 5.92 Å². The third-order valence-electron chi connectivity index (χ3n) is 3.76. The Morgan fingerprint density at radius 3 is 2.77 bits per heavy atom. The Morgan fingerprint density at radius 2 is 2.14 bits per heavy atom. The molecule has 2 rings (SSSR count). The average molecular weight is 326 g/mol. The number of nitrogens with one attached hydrogen (secondary N) is 3. The van der Waals surface area contributed by atoms with E-state index in [1.165, 1.54) is 0 Å². The summed E-state index contributed by atoms with van der Waals surface area (Å²) in [6, 6.07) is 5.38. The molecule has 1 aliphatic heterocycles. The maximum absolute atomic E-state index is 12.3. The molecule has 6 heteroatoms. The summed E-state index contributed by atoms with van der Waals surface area (Å²) in [6.45, 7) is 6.10. The van der Waals surface area contributed by atoms with Gasteiger partial charge in [-0.05, 0) is 50.9 Å². The topological polar surface area (TPSA) is 70.2 Å². The molecule has 122 valence electrons. The van der Waals surface area contributed by atoms with E-state index in [4.69, 9.17) is 0 Å². The molecular weight excluding hydrogens is 302 g/mol. The van der Waals surface area contributed by atoms with Crippen LogP contribution in [0.2, 0.25) is 0 Å². The number of aryl methyl sites for hydroxylation is 1. The maximum atomic E-state index is 12.3. The van der Waals surface area contributed by atoms with Crippen LogP contribution in [0.25, 0.3) is 0 Å². The van der Waals surface area contributed by atoms with Gasteiger partial charge in [0.2, 0.25) is 5.91 Å². The lowest BCUT2D eigenvalue weighted by Crippen LogP contribution is -2.37. The lowest BCUT2D eigenvalue weighted by Gasteiger charge is -2.22. The number of hydrogen-bond acceptors (Lipinski definition) is 3. The van der Waals surface area contributed by atoms with Crippen LogP contribution in [0.15, 0.2) is 18.2 Å². The molecule has 1 aromatic carbocycles. The van der Waals surface area contributed by atoms with Gasteiger partial charge in [-0.15, -0.1) is 12.4 Å². The molecule has 2 amide bonds. The Kier molecular flexibility index (Phi) is 7.35. The van der Waals surface area contributed by atoms with Crippen LogP contribution in [-0.4, -0.2) is 31.4 Å². The first-order valence-electron chi connectivity index (χ1n) is 7.52. The Bertz CT molecular complexity index is 528. The molecule has 3 N–H and O–H groups in total. The summed E-state index contributed by atoms with van der Waals surface area (Å²) in [7, 11) is 0. The number of rotatable bonds is 4. The van der Waals surface area contributed by atoms with E-state index in [-0.39, 0.29) is 30.1 Å². The second-order valence-corrected chi connectivity index (χ2v) is 5.42. The van der Waals surface area contributed by atoms with Gasteiger partial charge in [0.1, 0.15) is 0 Å². The highest BCUT2D eigenvalue weighted by molar-refractivity contribution is 5.98. The van der Waals surface area contributed by atoms with Crippen molar-refractivity contribution < 1.29 is 9.59 Å². The van der Waals surface area contributed by atoms with Crippen LogP contribution < -0.4 is 16.0 Å². The number of carbonyl (C=O) groups is 2. The van der Waals surface area contributed by atoms with Gasteiger partial charge in [0, 0.05) is 24.3 Å². The molecular formula is C16H24ClN3O2. The summed E-state index contributed by atoms with van der Waals surface area (Å²) in [5, 5.41) is 8.96. The molecule has 1 saturated heterocycles. The molecule has 1 atom stereocenters. The highest BCUT2D eigenvalue weighted by Gasteiger charge is 2.21. The second kappa shape index (κ2) is 8.76. The fraction of sp³-hybridized carbons (Fsp3) is 0.500. The van der Waals surface area contributed by atoms with Crippen LogP contribution >= 0.6 is 12.4 Å². The molecule has 0 aromatic heterocycles. The third-order valence-corrected chi connectivity index (χ3v) is 3.76. The largest absolute Gasteiger partial charge is 0.352 e. The van der Waals surface area contributed by atoms with Crippen molar-refractivity contribution >= 4 is 29.9 Å². The zero-order valence-electron chi connectivity index (χ0n) is 13.1. The van der Waals surface area contributed by atoms with Crippen molar-refractivity contribution in [3.05, 3.63) is 29.3 Å². The Balaban J connectivity index is 0.00000242. The maximum Gasteiger partial charge on any atom is 0.251 e. The predicted molar refractivity (Wildman–Crippen MR) is 90.7 cm³/mol. The van der Waals surface area contributed by atoms with E-state index in [0.717, 1.165) is 31.5 Å². The highest BCUT2D eigenvalue weighted by Crippen LogP contribution is 2.19. The summed E-state index contributed by atoms with van der Waals surface area (Å²) in [5.74, 6) is -0.0862. The minimum Gasteiger partial charge on any atom is -0.352 e. The number of amides is 2. The second-order valence-electron chi connectivity index (χ2n) is 5.42. The highest BCUT2D eigenvalue weighted by atomic mass is 35.5. The van der Waals surface area contributed by atoms with E-state index in [9.17, 15) is 9.59 Å². The molecule has 0 saturated carbocycles. The Labute approximate surface area is 137 Å². The number of carbonyl (C=O) groups excluding carboxylic acids is 2. The Morgan fingerprint density at radius 1 is 1.36 bits per heavy atom. The number of halogens is 1. The van der Waals surface area contributed by atoms with Crippen molar-refractivity contribution in [1.29, 1.82) is 0 Å². The molecule has 0 radical (unpaired) electrons. The van der Waals surface area contributed by atoms with Gasteiger partial charge < -0.3 is 16.0 Å². The number of piperidine rings is 1. The molecule has 0 aliphatic carbocycles. The van der Waals surface area contributed by atoms with Gasteiger partial charge >= 0.3 is 0 Å². The summed E-state index contributed by atoms with van der Waals surface area (Å²) in [6.07, 6.45) is 1.93. The van der Waals surface area contributed by atoms with E-state index in [0.29, 0.717) is 17.8 Å². The summed E-state index contributed by atoms with van der Waals surface area (Å²) >= 11 is 0. The van der Waals surface area contributed by atoms with E-state index in [1.54, 1.807) is 12.1 Å². The summed E-state index contributed by atoms with van der Waals surface area (Å²) < 4.78 is 0. The molecule has 1 unspecified atom stereocenters. The molecule has 1 aliphatic rings. The van der Waals surface area contributed by atoms with Crippen LogP contribution in [-0.2, 0) is 4.79 Å². The van der Waals surface area contributed by atoms with Crippen LogP contribution in [0.3, 0.4) is 0 Å². The monoisotopic (exact) mass is 325 g/mol. The van der Waals surface area contributed by atoms with Gasteiger partial charge in [0.15, 0.2) is 0 Å². The van der Waals surface area contributed by atoms with E-state index in [2.05, 4.69) is 16.0 Å². The minimum atomic E-state index is -0.118. The summed E-state index contributed by atoms with van der Waals surface area (Å²) in [4.78, 5) is 24.1. The zero-order valence-corrected chi connectivity index (χ0v) is 13.9. The quantitative estimate of drug-likeness (QED) is 0.794. The fourth-order valence-electron chi connectivity index (χ4n) is 2.47. The van der Waals surface area contributed by atoms with Crippen molar-refractivity contribution in [1.82, 2.24) is 10.6 Å². The van der Waals surface area contributed by atoms with Crippen LogP contribution in [0, 0.1) is 12.8 Å². The van der Waals surface area contributed by atoms with Gasteiger partial charge in [-0.2, -0.15) is 0 Å². The minimum absolute atomic E-state index is 0. The van der Waals surface area contributed by atoms with Crippen molar-refractivity contribution in [2.75, 3.05) is 25.0 Å². The summed E-state index contributed by atoms with van der Waals surface area (Å²) in [5.41, 5.74) is 2.24. The number of benzene rings is 1. The van der Waals surface area contributed by atoms with Crippen molar-refractivity contribution in [3.63, 3.8) is 0 Å². The standard InChI is InChI=1S/C16H23N3O2.ClH/c1-3-18-15(20)12-7-6-11(2)14(9-12)19-16(21)13-5-4-8-17-10-13;/h6-7,9,13,17H,3-5,8,10H2,1-2H3,(H,18,20)(H,19,21);1H. The molecule has 5 nitrogen and oxygen atoms in total. The third kappa shape index (κ3) is 4.71. The molecule has 1 heterocycles. The molecule has 0 spiro atoms. The van der Waals surface area contributed by atoms with Gasteiger partial charge in [-0.1, -0.05) is 6.07 Å². The lowest BCUT2D eigenvalue weighted by atomic mass is 9.98. The predicted octanol–water partition coefficient (Wildman–Crippen LogP) is 2.10. The first kappa shape index (κ1) is 18.5. The van der Waals surface area contributed by atoms with Crippen molar-refractivity contribution in [2.45, 2.75) is 26.7 Å². The van der Waals surface area contributed by atoms with Crippen LogP contribution in [0.4, 0.5) is 5.69 Å². The van der Waals surface area contributed by atoms with Crippen LogP contribution in [0.1, 0.15) is 35.7 Å². The first-order valence-corrected chi connectivity index (χ1v) is 7.52. The van der Waals surface area contributed by atoms with E-state index >= 15 is 0 Å². The van der Waals surface area contributed by atoms with Gasteiger partial charge in [-0.3, -0.25) is 9.59 Å². The molecule has 1 aromatic rings. The van der Waals surface area contributed by atoms with Crippen LogP contribution in [0.5, 0.6) is 0 Å². The van der Waals surface area contributed by atoms with Gasteiger partial charge in [0.25, 0.3) is 5.91 Å². The SMILES string of the molecule is CCNC(=O)c1ccc(C)c(NC(=O)C2CCCNC2)c1.Cl. The van der Waals surface area contributed by atoms with Gasteiger partial charge in [-0.25, -0.2) is 0 Å². The normalized spacial score (nSPS) is 17.3. The first-order chi connectivity index (χ1) is 10.1. The van der Waals surface area contributed by atoms with Crippen molar-refractivity contribution in [2.24, 2.45) is 5.92 Å². The fourth-order valence-corrected chi connectivity index (χ4v) is 2.47. The average Bonchev–Trinajstić information content (AvgIpc) is 2.50. The van der Waals surface area contributed by atoms with E-state index in [1.807, 2.05) is 19.9 Å². The number of hydrogen-bond donors (Lipinski definition) is 3. The molecule has 0 bridgehead atoms. The Hall–Kier alpha value is -1.59. The van der Waals surface area contributed by atoms with E-state index < -0.39 is 0 Å². The molecule has 1 fully saturated rings. The molecule has 22 heavy (non-hydrogen) atoms. The zero-order chi connectivity index (χ0) is 15.2. The van der Waals surface area contributed by atoms with Crippen molar-refractivity contribution in [3.8, 4) is 0 Å². The number of anilines is 1.